The van der Waals surface area contributed by atoms with Gasteiger partial charge in [0, 0.05) is 18.3 Å². The number of rotatable bonds is 10. The Labute approximate surface area is 213 Å². The zero-order chi connectivity index (χ0) is 25.1. The van der Waals surface area contributed by atoms with Gasteiger partial charge in [0.25, 0.3) is 0 Å². The largest absolute Gasteiger partial charge is 0.496 e. The number of amides is 1. The number of carbonyl (C=O) groups is 1. The van der Waals surface area contributed by atoms with Crippen molar-refractivity contribution in [3.05, 3.63) is 65.0 Å². The number of alkyl carbamates (subject to hydrolysis) is 1. The van der Waals surface area contributed by atoms with Crippen LogP contribution in [-0.2, 0) is 24.2 Å². The summed E-state index contributed by atoms with van der Waals surface area (Å²) >= 11 is 1.47. The predicted octanol–water partition coefficient (Wildman–Crippen LogP) is 5.50. The number of hydrogen-bond acceptors (Lipinski definition) is 8. The topological polar surface area (TPSA) is 103 Å². The summed E-state index contributed by atoms with van der Waals surface area (Å²) in [6, 6.07) is 10.5. The Morgan fingerprint density at radius 3 is 2.83 bits per heavy atom. The maximum absolute atomic E-state index is 11.3. The van der Waals surface area contributed by atoms with Crippen molar-refractivity contribution >= 4 is 34.8 Å². The lowest BCUT2D eigenvalue weighted by atomic mass is 10.0. The molecule has 1 saturated carbocycles. The number of nitrogens with one attached hydrogen (secondary N) is 2. The number of aryl methyl sites for hydroxylation is 1. The van der Waals surface area contributed by atoms with Crippen LogP contribution in [0, 0.1) is 0 Å². The molecule has 0 atom stereocenters. The Kier molecular flexibility index (Phi) is 7.04. The van der Waals surface area contributed by atoms with Crippen LogP contribution in [0.4, 0.5) is 10.6 Å². The molecule has 2 heterocycles. The fourth-order valence-electron chi connectivity index (χ4n) is 4.16. The van der Waals surface area contributed by atoms with Crippen LogP contribution in [0.15, 0.2) is 52.1 Å². The number of fused-ring (bicyclic) bond motifs is 1. The normalized spacial score (nSPS) is 13.1. The zero-order valence-electron chi connectivity index (χ0n) is 20.5. The fourth-order valence-corrected chi connectivity index (χ4v) is 4.97. The van der Waals surface area contributed by atoms with Crippen molar-refractivity contribution in [2.24, 2.45) is 0 Å². The summed E-state index contributed by atoms with van der Waals surface area (Å²) in [4.78, 5) is 12.3. The molecule has 2 aromatic carbocycles. The molecule has 0 aliphatic heterocycles. The number of methoxy groups -OCH3 is 2. The molecule has 1 fully saturated rings. The highest BCUT2D eigenvalue weighted by Crippen LogP contribution is 2.44. The molecule has 4 aromatic rings. The lowest BCUT2D eigenvalue weighted by Crippen LogP contribution is -2.21. The third-order valence-electron chi connectivity index (χ3n) is 6.28. The molecule has 9 nitrogen and oxygen atoms in total. The van der Waals surface area contributed by atoms with Crippen LogP contribution >= 0.6 is 11.9 Å². The monoisotopic (exact) mass is 507 g/mol. The van der Waals surface area contributed by atoms with E-state index in [-0.39, 0.29) is 0 Å². The summed E-state index contributed by atoms with van der Waals surface area (Å²) in [6.45, 7) is 3.11. The minimum atomic E-state index is -0.464. The van der Waals surface area contributed by atoms with Crippen LogP contribution < -0.4 is 14.8 Å². The van der Waals surface area contributed by atoms with Gasteiger partial charge in [-0.05, 0) is 78.1 Å². The third-order valence-corrected chi connectivity index (χ3v) is 7.12. The van der Waals surface area contributed by atoms with Gasteiger partial charge in [0.15, 0.2) is 11.4 Å². The average molecular weight is 508 g/mol. The minimum absolute atomic E-state index is 0.363. The molecule has 0 radical (unpaired) electrons. The highest BCUT2D eigenvalue weighted by Gasteiger charge is 2.28. The first kappa shape index (κ1) is 24.1. The molecule has 10 heteroatoms. The Balaban J connectivity index is 1.36. The zero-order valence-corrected chi connectivity index (χ0v) is 21.4. The van der Waals surface area contributed by atoms with Gasteiger partial charge in [-0.2, -0.15) is 5.10 Å². The van der Waals surface area contributed by atoms with E-state index < -0.39 is 6.09 Å². The van der Waals surface area contributed by atoms with E-state index in [1.54, 1.807) is 13.3 Å². The van der Waals surface area contributed by atoms with E-state index >= 15 is 0 Å². The quantitative estimate of drug-likeness (QED) is 0.271. The van der Waals surface area contributed by atoms with E-state index in [2.05, 4.69) is 56.2 Å². The van der Waals surface area contributed by atoms with Crippen molar-refractivity contribution < 1.29 is 18.8 Å². The maximum atomic E-state index is 11.3. The number of ether oxygens (including phenoxy) is 2. The van der Waals surface area contributed by atoms with Gasteiger partial charge in [0.05, 0.1) is 37.2 Å². The van der Waals surface area contributed by atoms with Gasteiger partial charge in [-0.25, -0.2) is 4.79 Å². The second-order valence-electron chi connectivity index (χ2n) is 8.79. The van der Waals surface area contributed by atoms with E-state index in [0.29, 0.717) is 24.8 Å². The lowest BCUT2D eigenvalue weighted by molar-refractivity contribution is 0.170. The summed E-state index contributed by atoms with van der Waals surface area (Å²) in [7, 11) is 3.02. The summed E-state index contributed by atoms with van der Waals surface area (Å²) in [5.74, 6) is 2.05. The number of nitrogens with zero attached hydrogens (tertiary/aromatic N) is 3. The molecule has 2 N–H and O–H groups in total. The number of anilines is 1. The first-order valence-electron chi connectivity index (χ1n) is 11.9. The van der Waals surface area contributed by atoms with Crippen molar-refractivity contribution in [3.8, 4) is 5.75 Å². The lowest BCUT2D eigenvalue weighted by Gasteiger charge is -2.11. The van der Waals surface area contributed by atoms with Gasteiger partial charge in [0.1, 0.15) is 5.75 Å². The number of hydrogen-bond donors (Lipinski definition) is 2. The second-order valence-corrected chi connectivity index (χ2v) is 9.63. The Bertz CT molecular complexity index is 1380. The van der Waals surface area contributed by atoms with Gasteiger partial charge < -0.3 is 24.0 Å². The second kappa shape index (κ2) is 10.5. The first-order valence-corrected chi connectivity index (χ1v) is 12.7. The minimum Gasteiger partial charge on any atom is -0.496 e. The van der Waals surface area contributed by atoms with Crippen LogP contribution in [0.2, 0.25) is 0 Å². The smallest absolute Gasteiger partial charge is 0.407 e. The van der Waals surface area contributed by atoms with Crippen molar-refractivity contribution in [2.75, 3.05) is 18.9 Å². The number of aromatic nitrogens is 3. The van der Waals surface area contributed by atoms with Crippen molar-refractivity contribution in [1.82, 2.24) is 20.3 Å². The van der Waals surface area contributed by atoms with Crippen LogP contribution in [0.3, 0.4) is 0 Å². The van der Waals surface area contributed by atoms with Crippen LogP contribution in [-0.4, -0.2) is 35.2 Å². The van der Waals surface area contributed by atoms with Crippen molar-refractivity contribution in [3.63, 3.8) is 0 Å². The highest BCUT2D eigenvalue weighted by atomic mass is 32.2. The molecule has 36 heavy (non-hydrogen) atoms. The first-order chi connectivity index (χ1) is 17.6. The summed E-state index contributed by atoms with van der Waals surface area (Å²) in [5.41, 5.74) is 5.34. The SMILES string of the molecule is CCc1ccc(OC)c(SNc2noc3cc(Cn4cc(CNC(=O)OC)cn4)c(C4CC4)cc23)c1. The molecule has 1 aliphatic rings. The van der Waals surface area contributed by atoms with Gasteiger partial charge in [-0.1, -0.05) is 18.1 Å². The van der Waals surface area contributed by atoms with E-state index in [9.17, 15) is 4.79 Å². The van der Waals surface area contributed by atoms with E-state index in [1.807, 2.05) is 16.9 Å². The Hall–Kier alpha value is -3.66. The van der Waals surface area contributed by atoms with E-state index in [1.165, 1.54) is 43.0 Å². The molecular formula is C26H29N5O4S. The van der Waals surface area contributed by atoms with Gasteiger partial charge >= 0.3 is 6.09 Å². The van der Waals surface area contributed by atoms with Crippen LogP contribution in [0.25, 0.3) is 11.0 Å². The van der Waals surface area contributed by atoms with Crippen molar-refractivity contribution in [2.45, 2.75) is 50.1 Å². The van der Waals surface area contributed by atoms with E-state index in [4.69, 9.17) is 9.26 Å². The molecule has 1 aliphatic carbocycles. The molecule has 0 saturated heterocycles. The van der Waals surface area contributed by atoms with Gasteiger partial charge in [-0.3, -0.25) is 4.68 Å². The summed E-state index contributed by atoms with van der Waals surface area (Å²) in [6.07, 6.45) is 6.52. The van der Waals surface area contributed by atoms with E-state index in [0.717, 1.165) is 39.2 Å². The molecular weight excluding hydrogens is 478 g/mol. The summed E-state index contributed by atoms with van der Waals surface area (Å²) < 4.78 is 21.1. The summed E-state index contributed by atoms with van der Waals surface area (Å²) in [5, 5.41) is 12.4. The molecule has 0 bridgehead atoms. The molecule has 0 spiro atoms. The van der Waals surface area contributed by atoms with Crippen LogP contribution in [0.1, 0.15) is 47.9 Å². The fraction of sp³-hybridized carbons (Fsp3) is 0.346. The molecule has 0 unspecified atom stereocenters. The van der Waals surface area contributed by atoms with Gasteiger partial charge in [0.2, 0.25) is 0 Å². The average Bonchev–Trinajstić information content (AvgIpc) is 3.53. The van der Waals surface area contributed by atoms with Crippen LogP contribution in [0.5, 0.6) is 5.75 Å². The van der Waals surface area contributed by atoms with Crippen molar-refractivity contribution in [1.29, 1.82) is 0 Å². The Morgan fingerprint density at radius 1 is 1.22 bits per heavy atom. The maximum Gasteiger partial charge on any atom is 0.407 e. The highest BCUT2D eigenvalue weighted by molar-refractivity contribution is 8.00. The molecule has 188 valence electrons. The Morgan fingerprint density at radius 2 is 2.08 bits per heavy atom. The number of benzene rings is 2. The standard InChI is InChI=1S/C26H29N5O4S/c1-4-16-5-8-22(33-2)24(9-16)36-30-25-21-11-20(18-6-7-18)19(10-23(21)35-29-25)15-31-14-17(13-28-31)12-27-26(32)34-3/h5,8-11,13-14,18H,4,6-7,12,15H2,1-3H3,(H,27,32)(H,29,30). The predicted molar refractivity (Wildman–Crippen MR) is 138 cm³/mol. The third kappa shape index (κ3) is 5.28. The molecule has 5 rings (SSSR count). The van der Waals surface area contributed by atoms with Gasteiger partial charge in [-0.15, -0.1) is 0 Å². The number of carbonyl (C=O) groups excluding carboxylic acids is 1. The molecule has 1 amide bonds. The molecule has 2 aromatic heterocycles.